The van der Waals surface area contributed by atoms with E-state index in [0.29, 0.717) is 17.9 Å². The van der Waals surface area contributed by atoms with Gasteiger partial charge in [-0.3, -0.25) is 9.59 Å². The highest BCUT2D eigenvalue weighted by atomic mass is 32.2. The second kappa shape index (κ2) is 6.24. The maximum Gasteiger partial charge on any atom is 0.173 e. The number of hydrogen-bond acceptors (Lipinski definition) is 4. The Morgan fingerprint density at radius 1 is 1.37 bits per heavy atom. The molecule has 0 amide bonds. The Morgan fingerprint density at radius 2 is 2.11 bits per heavy atom. The number of carbonyl (C=O) groups is 2. The van der Waals surface area contributed by atoms with Gasteiger partial charge in [-0.25, -0.2) is 0 Å². The Hall–Kier alpha value is -1.29. The average molecular weight is 278 g/mol. The van der Waals surface area contributed by atoms with Crippen LogP contribution in [0, 0.1) is 5.92 Å². The van der Waals surface area contributed by atoms with Gasteiger partial charge < -0.3 is 4.74 Å². The molecule has 19 heavy (non-hydrogen) atoms. The normalized spacial score (nSPS) is 14.2. The zero-order valence-electron chi connectivity index (χ0n) is 11.3. The molecule has 0 N–H and O–H groups in total. The van der Waals surface area contributed by atoms with Crippen molar-refractivity contribution in [2.75, 3.05) is 12.9 Å². The van der Waals surface area contributed by atoms with Crippen molar-refractivity contribution >= 4 is 23.3 Å². The van der Waals surface area contributed by atoms with Crippen LogP contribution in [-0.4, -0.2) is 24.4 Å². The number of rotatable bonds is 7. The van der Waals surface area contributed by atoms with Crippen molar-refractivity contribution in [1.29, 1.82) is 0 Å². The van der Waals surface area contributed by atoms with E-state index in [4.69, 9.17) is 4.74 Å². The van der Waals surface area contributed by atoms with E-state index in [1.54, 1.807) is 17.8 Å². The van der Waals surface area contributed by atoms with Gasteiger partial charge in [-0.15, -0.1) is 11.8 Å². The molecule has 1 saturated carbocycles. The van der Waals surface area contributed by atoms with Crippen LogP contribution in [-0.2, 0) is 4.79 Å². The Balaban J connectivity index is 2.16. The summed E-state index contributed by atoms with van der Waals surface area (Å²) in [4.78, 5) is 24.9. The van der Waals surface area contributed by atoms with Gasteiger partial charge in [0.1, 0.15) is 11.5 Å². The van der Waals surface area contributed by atoms with Crippen LogP contribution in [0.5, 0.6) is 5.75 Å². The Bertz CT molecular complexity index is 492. The lowest BCUT2D eigenvalue weighted by Gasteiger charge is -2.10. The minimum atomic E-state index is -0.131. The van der Waals surface area contributed by atoms with Gasteiger partial charge in [0, 0.05) is 10.8 Å². The maximum atomic E-state index is 12.2. The van der Waals surface area contributed by atoms with Crippen LogP contribution in [0.4, 0.5) is 0 Å². The lowest BCUT2D eigenvalue weighted by Crippen LogP contribution is -2.11. The van der Waals surface area contributed by atoms with Crippen LogP contribution in [0.25, 0.3) is 0 Å². The molecule has 0 aromatic heterocycles. The molecule has 3 nitrogen and oxygen atoms in total. The van der Waals surface area contributed by atoms with E-state index in [2.05, 4.69) is 0 Å². The van der Waals surface area contributed by atoms with Crippen molar-refractivity contribution in [3.63, 3.8) is 0 Å². The van der Waals surface area contributed by atoms with E-state index in [1.165, 1.54) is 0 Å². The fraction of sp³-hybridized carbons (Fsp3) is 0.467. The SMILES string of the molecule is CCOc1cc(SC)ccc1C(=O)CC(=O)C1CC1. The molecule has 4 heteroatoms. The van der Waals surface area contributed by atoms with Crippen LogP contribution in [0.15, 0.2) is 23.1 Å². The highest BCUT2D eigenvalue weighted by molar-refractivity contribution is 7.98. The molecular weight excluding hydrogens is 260 g/mol. The van der Waals surface area contributed by atoms with E-state index in [1.807, 2.05) is 25.3 Å². The van der Waals surface area contributed by atoms with E-state index in [9.17, 15) is 9.59 Å². The lowest BCUT2D eigenvalue weighted by atomic mass is 10.0. The summed E-state index contributed by atoms with van der Waals surface area (Å²) in [6.07, 6.45) is 3.86. The van der Waals surface area contributed by atoms with Crippen LogP contribution >= 0.6 is 11.8 Å². The molecule has 0 atom stereocenters. The summed E-state index contributed by atoms with van der Waals surface area (Å²) >= 11 is 1.60. The largest absolute Gasteiger partial charge is 0.493 e. The van der Waals surface area contributed by atoms with Gasteiger partial charge in [0.2, 0.25) is 0 Å². The molecular formula is C15H18O3S. The standard InChI is InChI=1S/C15H18O3S/c1-3-18-15-8-11(19-2)6-7-12(15)14(17)9-13(16)10-4-5-10/h6-8,10H,3-5,9H2,1-2H3. The van der Waals surface area contributed by atoms with Gasteiger partial charge in [-0.1, -0.05) is 0 Å². The van der Waals surface area contributed by atoms with Gasteiger partial charge in [0.15, 0.2) is 5.78 Å². The average Bonchev–Trinajstić information content (AvgIpc) is 3.23. The molecule has 1 aromatic carbocycles. The highest BCUT2D eigenvalue weighted by Gasteiger charge is 2.31. The molecule has 2 rings (SSSR count). The summed E-state index contributed by atoms with van der Waals surface area (Å²) in [7, 11) is 0. The van der Waals surface area contributed by atoms with Gasteiger partial charge >= 0.3 is 0 Å². The van der Waals surface area contributed by atoms with Crippen molar-refractivity contribution in [1.82, 2.24) is 0 Å². The van der Waals surface area contributed by atoms with Crippen molar-refractivity contribution < 1.29 is 14.3 Å². The second-order valence-corrected chi connectivity index (χ2v) is 5.52. The van der Waals surface area contributed by atoms with Gasteiger partial charge in [0.05, 0.1) is 18.6 Å². The second-order valence-electron chi connectivity index (χ2n) is 4.64. The molecule has 0 aliphatic heterocycles. The zero-order valence-corrected chi connectivity index (χ0v) is 12.1. The number of ketones is 2. The van der Waals surface area contributed by atoms with Crippen LogP contribution < -0.4 is 4.74 Å². The van der Waals surface area contributed by atoms with E-state index in [-0.39, 0.29) is 23.9 Å². The van der Waals surface area contributed by atoms with Crippen molar-refractivity contribution in [3.8, 4) is 5.75 Å². The van der Waals surface area contributed by atoms with E-state index < -0.39 is 0 Å². The molecule has 0 spiro atoms. The van der Waals surface area contributed by atoms with Crippen LogP contribution in [0.2, 0.25) is 0 Å². The van der Waals surface area contributed by atoms with E-state index in [0.717, 1.165) is 17.7 Å². The summed E-state index contributed by atoms with van der Waals surface area (Å²) in [5, 5.41) is 0. The Labute approximate surface area is 117 Å². The first-order valence-electron chi connectivity index (χ1n) is 6.52. The third-order valence-corrected chi connectivity index (χ3v) is 3.88. The van der Waals surface area contributed by atoms with Gasteiger partial charge in [0.25, 0.3) is 0 Å². The minimum Gasteiger partial charge on any atom is -0.493 e. The monoisotopic (exact) mass is 278 g/mol. The smallest absolute Gasteiger partial charge is 0.173 e. The maximum absolute atomic E-state index is 12.2. The number of benzene rings is 1. The topological polar surface area (TPSA) is 43.4 Å². The third kappa shape index (κ3) is 3.60. The van der Waals surface area contributed by atoms with Crippen LogP contribution in [0.3, 0.4) is 0 Å². The first-order valence-corrected chi connectivity index (χ1v) is 7.75. The van der Waals surface area contributed by atoms with Gasteiger partial charge in [-0.2, -0.15) is 0 Å². The first-order chi connectivity index (χ1) is 9.15. The molecule has 102 valence electrons. The number of hydrogen-bond donors (Lipinski definition) is 0. The molecule has 1 aliphatic carbocycles. The van der Waals surface area contributed by atoms with Crippen molar-refractivity contribution in [2.45, 2.75) is 31.1 Å². The molecule has 0 radical (unpaired) electrons. The number of thioether (sulfide) groups is 1. The number of Topliss-reactive ketones (excluding diaryl/α,β-unsaturated/α-hetero) is 2. The predicted octanol–water partition coefficient (Wildman–Crippen LogP) is 3.36. The van der Waals surface area contributed by atoms with Crippen molar-refractivity contribution in [3.05, 3.63) is 23.8 Å². The summed E-state index contributed by atoms with van der Waals surface area (Å²) in [5.41, 5.74) is 0.522. The highest BCUT2D eigenvalue weighted by Crippen LogP contribution is 2.32. The third-order valence-electron chi connectivity index (χ3n) is 3.16. The van der Waals surface area contributed by atoms with Gasteiger partial charge in [-0.05, 0) is 44.2 Å². The molecule has 0 heterocycles. The Kier molecular flexibility index (Phi) is 4.64. The lowest BCUT2D eigenvalue weighted by molar-refractivity contribution is -0.119. The summed E-state index contributed by atoms with van der Waals surface area (Å²) in [6.45, 7) is 2.39. The van der Waals surface area contributed by atoms with Crippen molar-refractivity contribution in [2.24, 2.45) is 5.92 Å². The fourth-order valence-electron chi connectivity index (χ4n) is 1.94. The molecule has 1 aliphatic rings. The van der Waals surface area contributed by atoms with E-state index >= 15 is 0 Å². The summed E-state index contributed by atoms with van der Waals surface area (Å²) < 4.78 is 5.51. The molecule has 0 saturated heterocycles. The minimum absolute atomic E-state index is 0.00333. The summed E-state index contributed by atoms with van der Waals surface area (Å²) in [5.74, 6) is 0.655. The van der Waals surface area contributed by atoms with Crippen LogP contribution in [0.1, 0.15) is 36.5 Å². The Morgan fingerprint density at radius 3 is 2.68 bits per heavy atom. The first kappa shape index (κ1) is 14.1. The molecule has 1 fully saturated rings. The number of carbonyl (C=O) groups excluding carboxylic acids is 2. The zero-order chi connectivity index (χ0) is 13.8. The predicted molar refractivity (Wildman–Crippen MR) is 76.1 cm³/mol. The quantitative estimate of drug-likeness (QED) is 0.436. The summed E-state index contributed by atoms with van der Waals surface area (Å²) in [6, 6.07) is 5.52. The molecule has 1 aromatic rings. The molecule has 0 bridgehead atoms. The molecule has 0 unspecified atom stereocenters. The fourth-order valence-corrected chi connectivity index (χ4v) is 2.37. The number of ether oxygens (including phenoxy) is 1.